The molecule has 0 radical (unpaired) electrons. The van der Waals surface area contributed by atoms with Crippen LogP contribution in [0.1, 0.15) is 0 Å². The summed E-state index contributed by atoms with van der Waals surface area (Å²) in [5.41, 5.74) is 0. The Labute approximate surface area is 111 Å². The number of pyridine rings is 1. The SMILES string of the molecule is Cl.O=S(=O)(NC1C2CNCC21)c1cncc(F)c1. The van der Waals surface area contributed by atoms with Crippen LogP contribution in [0.5, 0.6) is 0 Å². The lowest BCUT2D eigenvalue weighted by Crippen LogP contribution is -2.32. The molecule has 3 rings (SSSR count). The Morgan fingerprint density at radius 2 is 2.00 bits per heavy atom. The Morgan fingerprint density at radius 1 is 1.33 bits per heavy atom. The highest BCUT2D eigenvalue weighted by molar-refractivity contribution is 7.89. The Morgan fingerprint density at radius 3 is 2.61 bits per heavy atom. The molecule has 100 valence electrons. The number of hydrogen-bond acceptors (Lipinski definition) is 4. The van der Waals surface area contributed by atoms with Gasteiger partial charge in [0.15, 0.2) is 0 Å². The second kappa shape index (κ2) is 4.73. The highest BCUT2D eigenvalue weighted by Gasteiger charge is 2.54. The molecule has 18 heavy (non-hydrogen) atoms. The zero-order chi connectivity index (χ0) is 12.0. The normalized spacial score (nSPS) is 29.5. The zero-order valence-electron chi connectivity index (χ0n) is 9.34. The van der Waals surface area contributed by atoms with Gasteiger partial charge in [0.05, 0.1) is 6.20 Å². The van der Waals surface area contributed by atoms with Crippen molar-refractivity contribution in [2.45, 2.75) is 10.9 Å². The first-order valence-corrected chi connectivity index (χ1v) is 6.90. The van der Waals surface area contributed by atoms with E-state index >= 15 is 0 Å². The summed E-state index contributed by atoms with van der Waals surface area (Å²) >= 11 is 0. The molecule has 2 atom stereocenters. The highest BCUT2D eigenvalue weighted by Crippen LogP contribution is 2.42. The van der Waals surface area contributed by atoms with Crippen molar-refractivity contribution in [1.82, 2.24) is 15.0 Å². The molecular weight excluding hydrogens is 281 g/mol. The van der Waals surface area contributed by atoms with E-state index in [-0.39, 0.29) is 23.3 Å². The van der Waals surface area contributed by atoms with E-state index < -0.39 is 15.8 Å². The molecule has 8 heteroatoms. The van der Waals surface area contributed by atoms with Crippen LogP contribution in [0, 0.1) is 17.7 Å². The molecule has 5 nitrogen and oxygen atoms in total. The van der Waals surface area contributed by atoms with Crippen molar-refractivity contribution in [2.24, 2.45) is 11.8 Å². The fourth-order valence-electron chi connectivity index (χ4n) is 2.38. The average Bonchev–Trinajstić information content (AvgIpc) is 2.75. The standard InChI is InChI=1S/C10H12FN3O2S.ClH/c11-6-1-7(3-12-2-6)17(15,16)14-10-8-4-13-5-9(8)10;/h1-3,8-10,13-14H,4-5H2;1H. The van der Waals surface area contributed by atoms with E-state index in [9.17, 15) is 12.8 Å². The van der Waals surface area contributed by atoms with Crippen molar-refractivity contribution in [3.63, 3.8) is 0 Å². The van der Waals surface area contributed by atoms with Gasteiger partial charge in [0.25, 0.3) is 0 Å². The number of nitrogens with one attached hydrogen (secondary N) is 2. The van der Waals surface area contributed by atoms with Gasteiger partial charge in [0, 0.05) is 12.2 Å². The summed E-state index contributed by atoms with van der Waals surface area (Å²) in [7, 11) is -3.64. The fraction of sp³-hybridized carbons (Fsp3) is 0.500. The lowest BCUT2D eigenvalue weighted by atomic mass is 10.4. The van der Waals surface area contributed by atoms with E-state index in [1.807, 2.05) is 0 Å². The Balaban J connectivity index is 0.00000120. The Hall–Kier alpha value is -0.760. The van der Waals surface area contributed by atoms with Crippen LogP contribution in [-0.2, 0) is 10.0 Å². The maximum atomic E-state index is 12.9. The molecule has 2 heterocycles. The highest BCUT2D eigenvalue weighted by atomic mass is 35.5. The third-order valence-electron chi connectivity index (χ3n) is 3.37. The summed E-state index contributed by atoms with van der Waals surface area (Å²) in [5, 5.41) is 3.18. The fourth-order valence-corrected chi connectivity index (χ4v) is 3.69. The van der Waals surface area contributed by atoms with Crippen LogP contribution < -0.4 is 10.0 Å². The third-order valence-corrected chi connectivity index (χ3v) is 4.80. The number of nitrogens with zero attached hydrogens (tertiary/aromatic N) is 1. The van der Waals surface area contributed by atoms with Crippen molar-refractivity contribution in [3.05, 3.63) is 24.3 Å². The molecule has 1 saturated heterocycles. The van der Waals surface area contributed by atoms with E-state index in [2.05, 4.69) is 15.0 Å². The summed E-state index contributed by atoms with van der Waals surface area (Å²) in [6, 6.07) is 0.968. The third kappa shape index (κ3) is 2.35. The average molecular weight is 294 g/mol. The summed E-state index contributed by atoms with van der Waals surface area (Å²) in [4.78, 5) is 3.43. The van der Waals surface area contributed by atoms with Gasteiger partial charge in [-0.25, -0.2) is 17.5 Å². The van der Waals surface area contributed by atoms with Gasteiger partial charge < -0.3 is 5.32 Å². The molecule has 2 unspecified atom stereocenters. The topological polar surface area (TPSA) is 71.1 Å². The molecule has 2 N–H and O–H groups in total. The number of piperidine rings is 1. The Kier molecular flexibility index (Phi) is 3.59. The monoisotopic (exact) mass is 293 g/mol. The molecular formula is C10H13ClFN3O2S. The van der Waals surface area contributed by atoms with Crippen LogP contribution in [0.15, 0.2) is 23.4 Å². The molecule has 0 aromatic carbocycles. The predicted molar refractivity (Wildman–Crippen MR) is 65.4 cm³/mol. The van der Waals surface area contributed by atoms with Gasteiger partial charge in [-0.2, -0.15) is 0 Å². The number of sulfonamides is 1. The van der Waals surface area contributed by atoms with E-state index in [0.29, 0.717) is 11.8 Å². The number of halogens is 2. The van der Waals surface area contributed by atoms with Gasteiger partial charge >= 0.3 is 0 Å². The van der Waals surface area contributed by atoms with Crippen LogP contribution in [0.3, 0.4) is 0 Å². The first kappa shape index (κ1) is 13.7. The summed E-state index contributed by atoms with van der Waals surface area (Å²) in [5.74, 6) is 0.114. The summed E-state index contributed by atoms with van der Waals surface area (Å²) in [6.45, 7) is 1.69. The van der Waals surface area contributed by atoms with Gasteiger partial charge in [0.1, 0.15) is 10.7 Å². The summed E-state index contributed by atoms with van der Waals surface area (Å²) in [6.07, 6.45) is 2.14. The van der Waals surface area contributed by atoms with E-state index in [0.717, 1.165) is 31.5 Å². The van der Waals surface area contributed by atoms with Gasteiger partial charge in [0.2, 0.25) is 10.0 Å². The van der Waals surface area contributed by atoms with Crippen LogP contribution in [0.2, 0.25) is 0 Å². The minimum Gasteiger partial charge on any atom is -0.316 e. The second-order valence-electron chi connectivity index (χ2n) is 4.47. The minimum atomic E-state index is -3.64. The molecule has 0 spiro atoms. The molecule has 2 fully saturated rings. The van der Waals surface area contributed by atoms with Crippen molar-refractivity contribution in [1.29, 1.82) is 0 Å². The number of aromatic nitrogens is 1. The largest absolute Gasteiger partial charge is 0.316 e. The molecule has 1 saturated carbocycles. The molecule has 0 bridgehead atoms. The number of fused-ring (bicyclic) bond motifs is 1. The maximum Gasteiger partial charge on any atom is 0.242 e. The van der Waals surface area contributed by atoms with Crippen LogP contribution in [0.25, 0.3) is 0 Å². The predicted octanol–water partition coefficient (Wildman–Crippen LogP) is 0.139. The van der Waals surface area contributed by atoms with Crippen molar-refractivity contribution in [2.75, 3.05) is 13.1 Å². The van der Waals surface area contributed by atoms with E-state index in [1.165, 1.54) is 0 Å². The van der Waals surface area contributed by atoms with Gasteiger partial charge in [-0.15, -0.1) is 12.4 Å². The lowest BCUT2D eigenvalue weighted by Gasteiger charge is -2.08. The number of hydrogen-bond donors (Lipinski definition) is 2. The van der Waals surface area contributed by atoms with Crippen LogP contribution in [-0.4, -0.2) is 32.5 Å². The first-order chi connectivity index (χ1) is 8.08. The molecule has 2 aliphatic rings. The van der Waals surface area contributed by atoms with Crippen LogP contribution >= 0.6 is 12.4 Å². The van der Waals surface area contributed by atoms with Crippen molar-refractivity contribution >= 4 is 22.4 Å². The molecule has 1 aromatic rings. The molecule has 1 aliphatic heterocycles. The molecule has 1 aromatic heterocycles. The van der Waals surface area contributed by atoms with E-state index in [1.54, 1.807) is 0 Å². The second-order valence-corrected chi connectivity index (χ2v) is 6.19. The number of rotatable bonds is 3. The van der Waals surface area contributed by atoms with Gasteiger partial charge in [-0.05, 0) is 31.0 Å². The van der Waals surface area contributed by atoms with Gasteiger partial charge in [-0.3, -0.25) is 4.98 Å². The van der Waals surface area contributed by atoms with Crippen molar-refractivity contribution in [3.8, 4) is 0 Å². The van der Waals surface area contributed by atoms with Gasteiger partial charge in [-0.1, -0.05) is 0 Å². The zero-order valence-corrected chi connectivity index (χ0v) is 11.0. The van der Waals surface area contributed by atoms with E-state index in [4.69, 9.17) is 0 Å². The summed E-state index contributed by atoms with van der Waals surface area (Å²) < 4.78 is 39.4. The molecule has 0 amide bonds. The van der Waals surface area contributed by atoms with Crippen molar-refractivity contribution < 1.29 is 12.8 Å². The maximum absolute atomic E-state index is 12.9. The first-order valence-electron chi connectivity index (χ1n) is 5.41. The lowest BCUT2D eigenvalue weighted by molar-refractivity contribution is 0.561. The molecule has 1 aliphatic carbocycles. The smallest absolute Gasteiger partial charge is 0.242 e. The van der Waals surface area contributed by atoms with Crippen LogP contribution in [0.4, 0.5) is 4.39 Å². The quantitative estimate of drug-likeness (QED) is 0.832. The minimum absolute atomic E-state index is 0. The Bertz CT molecular complexity index is 544.